The molecule has 1 fully saturated rings. The van der Waals surface area contributed by atoms with E-state index in [0.717, 1.165) is 22.5 Å². The zero-order chi connectivity index (χ0) is 13.2. The van der Waals surface area contributed by atoms with Crippen LogP contribution in [0, 0.1) is 0 Å². The van der Waals surface area contributed by atoms with Crippen LogP contribution in [0.5, 0.6) is 0 Å². The van der Waals surface area contributed by atoms with Crippen LogP contribution in [0.1, 0.15) is 37.5 Å². The van der Waals surface area contributed by atoms with Gasteiger partial charge in [-0.05, 0) is 25.3 Å². The lowest BCUT2D eigenvalue weighted by atomic mass is 10.2. The van der Waals surface area contributed by atoms with Crippen LogP contribution >= 0.6 is 11.3 Å². The van der Waals surface area contributed by atoms with E-state index < -0.39 is 0 Å². The Labute approximate surface area is 116 Å². The Bertz CT molecular complexity index is 574. The number of aryl methyl sites for hydroxylation is 1. The first-order valence-corrected chi connectivity index (χ1v) is 7.65. The Morgan fingerprint density at radius 3 is 2.84 bits per heavy atom. The van der Waals surface area contributed by atoms with Crippen molar-refractivity contribution in [3.8, 4) is 0 Å². The number of hydrogen-bond donors (Lipinski definition) is 3. The number of anilines is 2. The van der Waals surface area contributed by atoms with Crippen molar-refractivity contribution in [1.82, 2.24) is 9.97 Å². The molecule has 0 atom stereocenters. The molecule has 2 aromatic rings. The van der Waals surface area contributed by atoms with E-state index in [1.807, 2.05) is 0 Å². The van der Waals surface area contributed by atoms with Gasteiger partial charge in [-0.25, -0.2) is 10.8 Å². The first kappa shape index (κ1) is 12.6. The van der Waals surface area contributed by atoms with Crippen LogP contribution in [0.2, 0.25) is 0 Å². The molecule has 0 radical (unpaired) electrons. The molecule has 0 aliphatic heterocycles. The maximum Gasteiger partial charge on any atom is 0.240 e. The van der Waals surface area contributed by atoms with E-state index in [9.17, 15) is 0 Å². The summed E-state index contributed by atoms with van der Waals surface area (Å²) < 4.78 is 0. The SMILES string of the molecule is CCc1cc2c(NC3CCCC3)nc(NN)nc2s1. The molecule has 0 bridgehead atoms. The highest BCUT2D eigenvalue weighted by Crippen LogP contribution is 2.32. The number of fused-ring (bicyclic) bond motifs is 1. The monoisotopic (exact) mass is 277 g/mol. The lowest BCUT2D eigenvalue weighted by molar-refractivity contribution is 0.752. The van der Waals surface area contributed by atoms with Gasteiger partial charge in [-0.3, -0.25) is 5.43 Å². The van der Waals surface area contributed by atoms with Crippen LogP contribution < -0.4 is 16.6 Å². The summed E-state index contributed by atoms with van der Waals surface area (Å²) in [4.78, 5) is 11.2. The molecule has 19 heavy (non-hydrogen) atoms. The van der Waals surface area contributed by atoms with Crippen molar-refractivity contribution in [1.29, 1.82) is 0 Å². The van der Waals surface area contributed by atoms with Crippen LogP contribution in [0.3, 0.4) is 0 Å². The number of thiophene rings is 1. The van der Waals surface area contributed by atoms with E-state index in [-0.39, 0.29) is 0 Å². The fourth-order valence-electron chi connectivity index (χ4n) is 2.58. The van der Waals surface area contributed by atoms with Gasteiger partial charge in [-0.2, -0.15) is 4.98 Å². The first-order valence-electron chi connectivity index (χ1n) is 6.83. The molecule has 6 heteroatoms. The average Bonchev–Trinajstić information content (AvgIpc) is 3.06. The summed E-state index contributed by atoms with van der Waals surface area (Å²) in [6.07, 6.45) is 6.08. The molecule has 3 rings (SSSR count). The van der Waals surface area contributed by atoms with E-state index in [0.29, 0.717) is 12.0 Å². The minimum Gasteiger partial charge on any atom is -0.367 e. The molecule has 2 heterocycles. The van der Waals surface area contributed by atoms with Crippen molar-refractivity contribution in [3.05, 3.63) is 10.9 Å². The highest BCUT2D eigenvalue weighted by molar-refractivity contribution is 7.18. The van der Waals surface area contributed by atoms with Crippen molar-refractivity contribution in [2.24, 2.45) is 5.84 Å². The zero-order valence-electron chi connectivity index (χ0n) is 11.1. The normalized spacial score (nSPS) is 16.1. The van der Waals surface area contributed by atoms with E-state index >= 15 is 0 Å². The van der Waals surface area contributed by atoms with Crippen molar-refractivity contribution in [2.45, 2.75) is 45.1 Å². The number of nitrogen functional groups attached to an aromatic ring is 1. The molecule has 102 valence electrons. The molecule has 1 aliphatic carbocycles. The van der Waals surface area contributed by atoms with Crippen LogP contribution in [0.15, 0.2) is 6.07 Å². The second-order valence-corrected chi connectivity index (χ2v) is 6.07. The van der Waals surface area contributed by atoms with E-state index in [1.165, 1.54) is 30.6 Å². The fourth-order valence-corrected chi connectivity index (χ4v) is 3.55. The predicted molar refractivity (Wildman–Crippen MR) is 80.5 cm³/mol. The molecule has 0 unspecified atom stereocenters. The van der Waals surface area contributed by atoms with E-state index in [1.54, 1.807) is 11.3 Å². The molecule has 5 nitrogen and oxygen atoms in total. The number of hydrogen-bond acceptors (Lipinski definition) is 6. The maximum atomic E-state index is 5.46. The number of rotatable bonds is 4. The van der Waals surface area contributed by atoms with Gasteiger partial charge in [-0.1, -0.05) is 19.8 Å². The minimum atomic E-state index is 0.484. The van der Waals surface area contributed by atoms with Gasteiger partial charge >= 0.3 is 0 Å². The second kappa shape index (κ2) is 5.30. The maximum absolute atomic E-state index is 5.46. The molecule has 0 aromatic carbocycles. The summed E-state index contributed by atoms with van der Waals surface area (Å²) >= 11 is 1.71. The summed E-state index contributed by atoms with van der Waals surface area (Å²) in [5.41, 5.74) is 2.56. The number of aromatic nitrogens is 2. The summed E-state index contributed by atoms with van der Waals surface area (Å²) in [5, 5.41) is 4.67. The Morgan fingerprint density at radius 1 is 1.37 bits per heavy atom. The smallest absolute Gasteiger partial charge is 0.240 e. The predicted octanol–water partition coefficient (Wildman–Crippen LogP) is 2.89. The third-order valence-corrected chi connectivity index (χ3v) is 4.79. The molecular formula is C13H19N5S. The number of nitrogens with two attached hydrogens (primary N) is 1. The Balaban J connectivity index is 2.01. The van der Waals surface area contributed by atoms with Gasteiger partial charge in [0.25, 0.3) is 0 Å². The van der Waals surface area contributed by atoms with Gasteiger partial charge < -0.3 is 5.32 Å². The first-order chi connectivity index (χ1) is 9.30. The lowest BCUT2D eigenvalue weighted by Crippen LogP contribution is -2.17. The molecule has 0 spiro atoms. The largest absolute Gasteiger partial charge is 0.367 e. The highest BCUT2D eigenvalue weighted by atomic mass is 32.1. The molecule has 1 aliphatic rings. The van der Waals surface area contributed by atoms with Crippen molar-refractivity contribution in [2.75, 3.05) is 10.7 Å². The minimum absolute atomic E-state index is 0.484. The molecule has 0 saturated heterocycles. The van der Waals surface area contributed by atoms with Crippen LogP contribution in [0.25, 0.3) is 10.2 Å². The standard InChI is InChI=1S/C13H19N5S/c1-2-9-7-10-11(15-8-5-3-4-6-8)16-13(18-14)17-12(10)19-9/h7-8H,2-6,14H2,1H3,(H2,15,16,17,18). The van der Waals surface area contributed by atoms with Crippen LogP contribution in [-0.4, -0.2) is 16.0 Å². The summed E-state index contributed by atoms with van der Waals surface area (Å²) in [6, 6.07) is 2.73. The van der Waals surface area contributed by atoms with Crippen molar-refractivity contribution < 1.29 is 0 Å². The van der Waals surface area contributed by atoms with Gasteiger partial charge in [0.05, 0.1) is 5.39 Å². The topological polar surface area (TPSA) is 75.9 Å². The summed E-state index contributed by atoms with van der Waals surface area (Å²) in [5.74, 6) is 6.86. The summed E-state index contributed by atoms with van der Waals surface area (Å²) in [7, 11) is 0. The summed E-state index contributed by atoms with van der Waals surface area (Å²) in [6.45, 7) is 2.16. The van der Waals surface area contributed by atoms with Gasteiger partial charge in [-0.15, -0.1) is 11.3 Å². The van der Waals surface area contributed by atoms with Gasteiger partial charge in [0.2, 0.25) is 5.95 Å². The molecule has 1 saturated carbocycles. The van der Waals surface area contributed by atoms with Gasteiger partial charge in [0.15, 0.2) is 0 Å². The van der Waals surface area contributed by atoms with Gasteiger partial charge in [0.1, 0.15) is 10.6 Å². The molecule has 0 amide bonds. The van der Waals surface area contributed by atoms with E-state index in [4.69, 9.17) is 5.84 Å². The van der Waals surface area contributed by atoms with Crippen molar-refractivity contribution in [3.63, 3.8) is 0 Å². The highest BCUT2D eigenvalue weighted by Gasteiger charge is 2.18. The average molecular weight is 277 g/mol. The molecular weight excluding hydrogens is 258 g/mol. The van der Waals surface area contributed by atoms with Crippen LogP contribution in [0.4, 0.5) is 11.8 Å². The van der Waals surface area contributed by atoms with Crippen LogP contribution in [-0.2, 0) is 6.42 Å². The zero-order valence-corrected chi connectivity index (χ0v) is 11.9. The number of nitrogens with zero attached hydrogens (tertiary/aromatic N) is 2. The molecule has 4 N–H and O–H groups in total. The van der Waals surface area contributed by atoms with Crippen molar-refractivity contribution >= 4 is 33.3 Å². The number of hydrazine groups is 1. The fraction of sp³-hybridized carbons (Fsp3) is 0.538. The Kier molecular flexibility index (Phi) is 3.52. The molecule has 2 aromatic heterocycles. The van der Waals surface area contributed by atoms with Gasteiger partial charge in [0, 0.05) is 10.9 Å². The quantitative estimate of drug-likeness (QED) is 0.592. The Hall–Kier alpha value is -1.40. The lowest BCUT2D eigenvalue weighted by Gasteiger charge is -2.14. The third kappa shape index (κ3) is 2.50. The Morgan fingerprint density at radius 2 is 2.16 bits per heavy atom. The second-order valence-electron chi connectivity index (χ2n) is 4.95. The third-order valence-electron chi connectivity index (χ3n) is 3.62. The van der Waals surface area contributed by atoms with E-state index in [2.05, 4.69) is 33.7 Å². The number of nitrogens with one attached hydrogen (secondary N) is 2.